The molecule has 0 saturated carbocycles. The van der Waals surface area contributed by atoms with Crippen LogP contribution in [0.5, 0.6) is 0 Å². The summed E-state index contributed by atoms with van der Waals surface area (Å²) in [5.41, 5.74) is 1.56. The SMILES string of the molecule is Cn1ccc(CC(C(=O)O)c2cccc(Br)c2)n1. The quantitative estimate of drug-likeness (QED) is 0.944. The first-order valence-electron chi connectivity index (χ1n) is 5.53. The molecule has 2 rings (SSSR count). The van der Waals surface area contributed by atoms with Gasteiger partial charge in [0.2, 0.25) is 0 Å². The van der Waals surface area contributed by atoms with E-state index in [9.17, 15) is 9.90 Å². The zero-order valence-electron chi connectivity index (χ0n) is 9.88. The van der Waals surface area contributed by atoms with E-state index in [4.69, 9.17) is 0 Å². The maximum absolute atomic E-state index is 11.4. The standard InChI is InChI=1S/C13H13BrN2O2/c1-16-6-5-11(15-16)8-12(13(17)18)9-3-2-4-10(14)7-9/h2-7,12H,8H2,1H3,(H,17,18). The lowest BCUT2D eigenvalue weighted by molar-refractivity contribution is -0.138. The number of aliphatic carboxylic acids is 1. The molecule has 0 aliphatic heterocycles. The second-order valence-corrected chi connectivity index (χ2v) is 5.05. The van der Waals surface area contributed by atoms with Crippen molar-refractivity contribution in [1.82, 2.24) is 9.78 Å². The number of rotatable bonds is 4. The van der Waals surface area contributed by atoms with Gasteiger partial charge < -0.3 is 5.11 Å². The minimum absolute atomic E-state index is 0.395. The number of hydrogen-bond donors (Lipinski definition) is 1. The molecule has 1 N–H and O–H groups in total. The summed E-state index contributed by atoms with van der Waals surface area (Å²) >= 11 is 3.36. The number of carboxylic acids is 1. The Bertz CT molecular complexity index is 566. The fourth-order valence-electron chi connectivity index (χ4n) is 1.85. The van der Waals surface area contributed by atoms with Gasteiger partial charge >= 0.3 is 5.97 Å². The molecule has 0 bridgehead atoms. The average Bonchev–Trinajstić information content (AvgIpc) is 2.71. The van der Waals surface area contributed by atoms with E-state index in [-0.39, 0.29) is 0 Å². The predicted octanol–water partition coefficient (Wildman–Crippen LogP) is 2.59. The van der Waals surface area contributed by atoms with Crippen LogP contribution >= 0.6 is 15.9 Å². The van der Waals surface area contributed by atoms with Gasteiger partial charge in [-0.1, -0.05) is 28.1 Å². The van der Waals surface area contributed by atoms with Gasteiger partial charge in [0.25, 0.3) is 0 Å². The average molecular weight is 309 g/mol. The van der Waals surface area contributed by atoms with Crippen molar-refractivity contribution in [2.24, 2.45) is 7.05 Å². The second kappa shape index (κ2) is 5.35. The van der Waals surface area contributed by atoms with E-state index in [1.807, 2.05) is 43.6 Å². The lowest BCUT2D eigenvalue weighted by atomic mass is 9.94. The highest BCUT2D eigenvalue weighted by Crippen LogP contribution is 2.23. The maximum Gasteiger partial charge on any atom is 0.311 e. The Kier molecular flexibility index (Phi) is 3.81. The lowest BCUT2D eigenvalue weighted by Crippen LogP contribution is -2.15. The van der Waals surface area contributed by atoms with Crippen LogP contribution in [0, 0.1) is 0 Å². The molecule has 0 saturated heterocycles. The third kappa shape index (κ3) is 2.98. The van der Waals surface area contributed by atoms with Gasteiger partial charge in [0.05, 0.1) is 11.6 Å². The zero-order valence-corrected chi connectivity index (χ0v) is 11.5. The lowest BCUT2D eigenvalue weighted by Gasteiger charge is -2.11. The van der Waals surface area contributed by atoms with E-state index in [0.29, 0.717) is 6.42 Å². The van der Waals surface area contributed by atoms with E-state index in [0.717, 1.165) is 15.7 Å². The van der Waals surface area contributed by atoms with Crippen molar-refractivity contribution >= 4 is 21.9 Å². The van der Waals surface area contributed by atoms with Crippen LogP contribution in [0.4, 0.5) is 0 Å². The smallest absolute Gasteiger partial charge is 0.311 e. The molecule has 0 aliphatic rings. The van der Waals surface area contributed by atoms with Crippen molar-refractivity contribution in [2.75, 3.05) is 0 Å². The van der Waals surface area contributed by atoms with Crippen molar-refractivity contribution in [2.45, 2.75) is 12.3 Å². The van der Waals surface area contributed by atoms with Gasteiger partial charge in [-0.3, -0.25) is 9.48 Å². The Morgan fingerprint density at radius 1 is 1.50 bits per heavy atom. The number of hydrogen-bond acceptors (Lipinski definition) is 2. The number of aromatic nitrogens is 2. The fraction of sp³-hybridized carbons (Fsp3) is 0.231. The summed E-state index contributed by atoms with van der Waals surface area (Å²) in [5.74, 6) is -1.41. The van der Waals surface area contributed by atoms with E-state index < -0.39 is 11.9 Å². The molecule has 0 aliphatic carbocycles. The highest BCUT2D eigenvalue weighted by Gasteiger charge is 2.21. The molecule has 1 atom stereocenters. The molecule has 18 heavy (non-hydrogen) atoms. The highest BCUT2D eigenvalue weighted by molar-refractivity contribution is 9.10. The predicted molar refractivity (Wildman–Crippen MR) is 71.4 cm³/mol. The Hall–Kier alpha value is -1.62. The normalized spacial score (nSPS) is 12.3. The largest absolute Gasteiger partial charge is 0.481 e. The van der Waals surface area contributed by atoms with Crippen molar-refractivity contribution in [3.05, 3.63) is 52.3 Å². The van der Waals surface area contributed by atoms with Crippen LogP contribution in [0.2, 0.25) is 0 Å². The molecule has 1 aromatic heterocycles. The molecule has 1 unspecified atom stereocenters. The molecule has 0 radical (unpaired) electrons. The van der Waals surface area contributed by atoms with E-state index in [2.05, 4.69) is 21.0 Å². The molecule has 2 aromatic rings. The van der Waals surface area contributed by atoms with Gasteiger partial charge in [0, 0.05) is 24.1 Å². The Morgan fingerprint density at radius 3 is 2.83 bits per heavy atom. The number of carboxylic acid groups (broad SMARTS) is 1. The summed E-state index contributed by atoms with van der Waals surface area (Å²) in [7, 11) is 1.82. The van der Waals surface area contributed by atoms with Gasteiger partial charge in [0.1, 0.15) is 0 Å². The molecular weight excluding hydrogens is 296 g/mol. The summed E-state index contributed by atoms with van der Waals surface area (Å²) in [4.78, 5) is 11.4. The molecule has 4 nitrogen and oxygen atoms in total. The number of carbonyl (C=O) groups is 1. The monoisotopic (exact) mass is 308 g/mol. The first kappa shape index (κ1) is 12.8. The van der Waals surface area contributed by atoms with Crippen LogP contribution < -0.4 is 0 Å². The van der Waals surface area contributed by atoms with Gasteiger partial charge in [-0.25, -0.2) is 0 Å². The molecule has 5 heteroatoms. The van der Waals surface area contributed by atoms with Crippen molar-refractivity contribution in [1.29, 1.82) is 0 Å². The second-order valence-electron chi connectivity index (χ2n) is 4.13. The topological polar surface area (TPSA) is 55.1 Å². The number of aryl methyl sites for hydroxylation is 1. The Labute approximate surface area is 113 Å². The summed E-state index contributed by atoms with van der Waals surface area (Å²) in [6.45, 7) is 0. The van der Waals surface area contributed by atoms with Crippen LogP contribution in [0.15, 0.2) is 41.0 Å². The molecule has 1 aromatic carbocycles. The molecule has 0 amide bonds. The van der Waals surface area contributed by atoms with Crippen molar-refractivity contribution < 1.29 is 9.90 Å². The zero-order chi connectivity index (χ0) is 13.1. The van der Waals surface area contributed by atoms with E-state index in [1.54, 1.807) is 4.68 Å². The van der Waals surface area contributed by atoms with Crippen LogP contribution in [0.3, 0.4) is 0 Å². The van der Waals surface area contributed by atoms with Crippen molar-refractivity contribution in [3.8, 4) is 0 Å². The first-order chi connectivity index (χ1) is 8.56. The van der Waals surface area contributed by atoms with E-state index >= 15 is 0 Å². The fourth-order valence-corrected chi connectivity index (χ4v) is 2.27. The van der Waals surface area contributed by atoms with Crippen molar-refractivity contribution in [3.63, 3.8) is 0 Å². The molecule has 0 fully saturated rings. The summed E-state index contributed by atoms with van der Waals surface area (Å²) in [6, 6.07) is 9.22. The maximum atomic E-state index is 11.4. The summed E-state index contributed by atoms with van der Waals surface area (Å²) in [6.07, 6.45) is 2.21. The number of halogens is 1. The highest BCUT2D eigenvalue weighted by atomic mass is 79.9. The third-order valence-electron chi connectivity index (χ3n) is 2.73. The van der Waals surface area contributed by atoms with E-state index in [1.165, 1.54) is 0 Å². The third-order valence-corrected chi connectivity index (χ3v) is 3.22. The molecule has 1 heterocycles. The first-order valence-corrected chi connectivity index (χ1v) is 6.32. The van der Waals surface area contributed by atoms with Crippen LogP contribution in [-0.2, 0) is 18.3 Å². The number of benzene rings is 1. The Morgan fingerprint density at radius 2 is 2.28 bits per heavy atom. The van der Waals surface area contributed by atoms with Gasteiger partial charge in [-0.2, -0.15) is 5.10 Å². The van der Waals surface area contributed by atoms with Gasteiger partial charge in [-0.15, -0.1) is 0 Å². The number of nitrogens with zero attached hydrogens (tertiary/aromatic N) is 2. The summed E-state index contributed by atoms with van der Waals surface area (Å²) in [5, 5.41) is 13.6. The van der Waals surface area contributed by atoms with Crippen LogP contribution in [0.1, 0.15) is 17.2 Å². The van der Waals surface area contributed by atoms with Crippen LogP contribution in [-0.4, -0.2) is 20.9 Å². The van der Waals surface area contributed by atoms with Gasteiger partial charge in [-0.05, 0) is 23.8 Å². The van der Waals surface area contributed by atoms with Crippen LogP contribution in [0.25, 0.3) is 0 Å². The molecule has 94 valence electrons. The molecule has 0 spiro atoms. The summed E-state index contributed by atoms with van der Waals surface area (Å²) < 4.78 is 2.56. The minimum Gasteiger partial charge on any atom is -0.481 e. The Balaban J connectivity index is 2.26. The molecular formula is C13H13BrN2O2. The minimum atomic E-state index is -0.834. The van der Waals surface area contributed by atoms with Gasteiger partial charge in [0.15, 0.2) is 0 Å².